The predicted molar refractivity (Wildman–Crippen MR) is 125 cm³/mol. The van der Waals surface area contributed by atoms with Crippen LogP contribution in [-0.2, 0) is 0 Å². The number of likely N-dealkylation sites (tertiary alicyclic amines) is 2. The number of aryl methyl sites for hydroxylation is 1. The summed E-state index contributed by atoms with van der Waals surface area (Å²) in [5, 5.41) is 11.0. The highest BCUT2D eigenvalue weighted by Crippen LogP contribution is 2.32. The number of carbonyl (C=O) groups excluding carboxylic acids is 2. The highest BCUT2D eigenvalue weighted by molar-refractivity contribution is 6.04. The Morgan fingerprint density at radius 1 is 0.971 bits per heavy atom. The van der Waals surface area contributed by atoms with Crippen molar-refractivity contribution in [2.24, 2.45) is 11.8 Å². The maximum atomic E-state index is 13.4. The molecular formula is C24H26N8O2. The van der Waals surface area contributed by atoms with Gasteiger partial charge in [-0.1, -0.05) is 6.42 Å². The van der Waals surface area contributed by atoms with E-state index in [1.54, 1.807) is 18.7 Å². The van der Waals surface area contributed by atoms with Crippen LogP contribution in [0.4, 0.5) is 0 Å². The van der Waals surface area contributed by atoms with Crippen LogP contribution in [-0.4, -0.2) is 78.2 Å². The number of aromatic amines is 2. The van der Waals surface area contributed by atoms with Gasteiger partial charge in [0, 0.05) is 37.9 Å². The lowest BCUT2D eigenvalue weighted by atomic mass is 9.82. The van der Waals surface area contributed by atoms with Gasteiger partial charge in [-0.3, -0.25) is 14.6 Å². The summed E-state index contributed by atoms with van der Waals surface area (Å²) in [5.74, 6) is 0.790. The molecule has 4 aromatic rings. The zero-order valence-corrected chi connectivity index (χ0v) is 19.0. The van der Waals surface area contributed by atoms with Crippen LogP contribution in [0.3, 0.4) is 0 Å². The molecule has 2 aliphatic heterocycles. The number of nitrogens with one attached hydrogen (secondary N) is 2. The summed E-state index contributed by atoms with van der Waals surface area (Å²) in [6, 6.07) is 3.72. The minimum absolute atomic E-state index is 0.0283. The van der Waals surface area contributed by atoms with Crippen molar-refractivity contribution >= 4 is 33.9 Å². The SMILES string of the molecule is Cc1cc(C(=O)N2CCCCC(C3CN(C(=O)c4cncc5[nH]cnc45)C3)C2)cc2n[nH]nc12. The number of hydrogen-bond donors (Lipinski definition) is 2. The van der Waals surface area contributed by atoms with E-state index in [0.29, 0.717) is 47.1 Å². The molecule has 0 bridgehead atoms. The van der Waals surface area contributed by atoms with Gasteiger partial charge in [-0.25, -0.2) is 4.98 Å². The lowest BCUT2D eigenvalue weighted by molar-refractivity contribution is 0.0295. The summed E-state index contributed by atoms with van der Waals surface area (Å²) in [4.78, 5) is 41.8. The fraction of sp³-hybridized carbons (Fsp3) is 0.417. The number of fused-ring (bicyclic) bond motifs is 2. The normalized spacial score (nSPS) is 19.4. The molecule has 34 heavy (non-hydrogen) atoms. The van der Waals surface area contributed by atoms with E-state index in [-0.39, 0.29) is 11.8 Å². The van der Waals surface area contributed by atoms with Gasteiger partial charge in [0.2, 0.25) is 0 Å². The lowest BCUT2D eigenvalue weighted by Gasteiger charge is -2.44. The third-order valence-electron chi connectivity index (χ3n) is 7.28. The molecule has 0 radical (unpaired) electrons. The molecule has 0 saturated carbocycles. The molecule has 2 amide bonds. The molecule has 6 rings (SSSR count). The van der Waals surface area contributed by atoms with E-state index < -0.39 is 0 Å². The molecule has 2 N–H and O–H groups in total. The van der Waals surface area contributed by atoms with Crippen LogP contribution in [0.1, 0.15) is 45.5 Å². The molecule has 2 fully saturated rings. The molecule has 0 spiro atoms. The summed E-state index contributed by atoms with van der Waals surface area (Å²) in [7, 11) is 0. The number of aromatic nitrogens is 6. The number of H-pyrrole nitrogens is 2. The molecule has 2 aliphatic rings. The second-order valence-electron chi connectivity index (χ2n) is 9.45. The molecule has 1 atom stereocenters. The second kappa shape index (κ2) is 8.19. The second-order valence-corrected chi connectivity index (χ2v) is 9.45. The largest absolute Gasteiger partial charge is 0.343 e. The van der Waals surface area contributed by atoms with E-state index in [2.05, 4.69) is 30.4 Å². The monoisotopic (exact) mass is 458 g/mol. The van der Waals surface area contributed by atoms with Crippen LogP contribution >= 0.6 is 0 Å². The number of hydrogen-bond acceptors (Lipinski definition) is 6. The van der Waals surface area contributed by atoms with Crippen molar-refractivity contribution < 1.29 is 9.59 Å². The number of carbonyl (C=O) groups is 2. The fourth-order valence-corrected chi connectivity index (χ4v) is 5.34. The van der Waals surface area contributed by atoms with Crippen LogP contribution in [0.2, 0.25) is 0 Å². The van der Waals surface area contributed by atoms with Gasteiger partial charge in [0.15, 0.2) is 0 Å². The Morgan fingerprint density at radius 3 is 2.71 bits per heavy atom. The number of rotatable bonds is 3. The van der Waals surface area contributed by atoms with Crippen LogP contribution in [0.25, 0.3) is 22.1 Å². The predicted octanol–water partition coefficient (Wildman–Crippen LogP) is 2.55. The van der Waals surface area contributed by atoms with E-state index in [1.807, 2.05) is 28.9 Å². The first-order valence-electron chi connectivity index (χ1n) is 11.8. The fourth-order valence-electron chi connectivity index (χ4n) is 5.34. The minimum Gasteiger partial charge on any atom is -0.343 e. The summed E-state index contributed by atoms with van der Waals surface area (Å²) in [5.41, 5.74) is 5.07. The number of benzene rings is 1. The van der Waals surface area contributed by atoms with Gasteiger partial charge in [0.1, 0.15) is 16.6 Å². The Morgan fingerprint density at radius 2 is 1.82 bits per heavy atom. The molecule has 10 nitrogen and oxygen atoms in total. The molecule has 5 heterocycles. The molecular weight excluding hydrogens is 432 g/mol. The average Bonchev–Trinajstić information content (AvgIpc) is 3.42. The third-order valence-corrected chi connectivity index (χ3v) is 7.28. The molecule has 10 heteroatoms. The van der Waals surface area contributed by atoms with Gasteiger partial charge in [-0.15, -0.1) is 0 Å². The summed E-state index contributed by atoms with van der Waals surface area (Å²) in [6.07, 6.45) is 8.03. The highest BCUT2D eigenvalue weighted by atomic mass is 16.2. The lowest BCUT2D eigenvalue weighted by Crippen LogP contribution is -2.54. The topological polar surface area (TPSA) is 124 Å². The first kappa shape index (κ1) is 20.8. The zero-order chi connectivity index (χ0) is 23.2. The molecule has 3 aromatic heterocycles. The Balaban J connectivity index is 1.14. The maximum Gasteiger partial charge on any atom is 0.257 e. The summed E-state index contributed by atoms with van der Waals surface area (Å²) in [6.45, 7) is 4.84. The van der Waals surface area contributed by atoms with Crippen molar-refractivity contribution in [3.63, 3.8) is 0 Å². The van der Waals surface area contributed by atoms with Crippen molar-refractivity contribution in [1.82, 2.24) is 40.2 Å². The van der Waals surface area contributed by atoms with E-state index in [1.165, 1.54) is 0 Å². The quantitative estimate of drug-likeness (QED) is 0.486. The first-order chi connectivity index (χ1) is 16.6. The van der Waals surface area contributed by atoms with Crippen molar-refractivity contribution in [3.8, 4) is 0 Å². The number of nitrogens with zero attached hydrogens (tertiary/aromatic N) is 6. The smallest absolute Gasteiger partial charge is 0.257 e. The number of pyridine rings is 1. The van der Waals surface area contributed by atoms with Gasteiger partial charge in [0.25, 0.3) is 11.8 Å². The Labute approximate surface area is 195 Å². The Bertz CT molecular complexity index is 1390. The van der Waals surface area contributed by atoms with Crippen LogP contribution in [0.5, 0.6) is 0 Å². The summed E-state index contributed by atoms with van der Waals surface area (Å²) < 4.78 is 0. The minimum atomic E-state index is -0.0283. The first-order valence-corrected chi connectivity index (χ1v) is 11.8. The van der Waals surface area contributed by atoms with Gasteiger partial charge < -0.3 is 14.8 Å². The molecule has 1 aromatic carbocycles. The van der Waals surface area contributed by atoms with Crippen molar-refractivity contribution in [2.45, 2.75) is 26.2 Å². The molecule has 174 valence electrons. The Kier molecular flexibility index (Phi) is 5.00. The van der Waals surface area contributed by atoms with Gasteiger partial charge in [-0.05, 0) is 49.3 Å². The van der Waals surface area contributed by atoms with E-state index in [4.69, 9.17) is 0 Å². The maximum absolute atomic E-state index is 13.4. The standard InChI is InChI=1S/C24H26N8O2/c1-14-6-16(7-19-21(14)29-30-28-19)23(33)31-5-3-2-4-15(10-31)17-11-32(12-17)24(34)18-8-25-9-20-22(18)27-13-26-20/h6-9,13,15,17H,2-5,10-12H2,1H3,(H,26,27)(H,28,29,30). The van der Waals surface area contributed by atoms with E-state index >= 15 is 0 Å². The summed E-state index contributed by atoms with van der Waals surface area (Å²) >= 11 is 0. The molecule has 2 saturated heterocycles. The third kappa shape index (κ3) is 3.49. The van der Waals surface area contributed by atoms with Gasteiger partial charge in [-0.2, -0.15) is 15.4 Å². The van der Waals surface area contributed by atoms with E-state index in [9.17, 15) is 9.59 Å². The molecule has 1 unspecified atom stereocenters. The highest BCUT2D eigenvalue weighted by Gasteiger charge is 2.39. The average molecular weight is 459 g/mol. The zero-order valence-electron chi connectivity index (χ0n) is 19.0. The van der Waals surface area contributed by atoms with Crippen LogP contribution in [0, 0.1) is 18.8 Å². The van der Waals surface area contributed by atoms with E-state index in [0.717, 1.165) is 48.9 Å². The van der Waals surface area contributed by atoms with Gasteiger partial charge in [0.05, 0.1) is 23.6 Å². The van der Waals surface area contributed by atoms with Crippen molar-refractivity contribution in [2.75, 3.05) is 26.2 Å². The number of imidazole rings is 1. The van der Waals surface area contributed by atoms with Crippen molar-refractivity contribution in [1.29, 1.82) is 0 Å². The van der Waals surface area contributed by atoms with Gasteiger partial charge >= 0.3 is 0 Å². The molecule has 0 aliphatic carbocycles. The van der Waals surface area contributed by atoms with Crippen LogP contribution in [0.15, 0.2) is 30.9 Å². The van der Waals surface area contributed by atoms with Crippen molar-refractivity contribution in [3.05, 3.63) is 47.5 Å². The number of amides is 2. The van der Waals surface area contributed by atoms with Crippen LogP contribution < -0.4 is 0 Å². The Hall–Kier alpha value is -3.82.